The topological polar surface area (TPSA) is 56.8 Å². The van der Waals surface area contributed by atoms with Gasteiger partial charge >= 0.3 is 6.61 Å². The predicted octanol–water partition coefficient (Wildman–Crippen LogP) is 4.02. The van der Waals surface area contributed by atoms with Gasteiger partial charge in [-0.2, -0.15) is 8.78 Å². The number of hydrogen-bond acceptors (Lipinski definition) is 4. The average Bonchev–Trinajstić information content (AvgIpc) is 2.61. The summed E-state index contributed by atoms with van der Waals surface area (Å²) in [5.74, 6) is 0.803. The monoisotopic (exact) mass is 365 g/mol. The first-order valence-corrected chi connectivity index (χ1v) is 8.25. The number of benzene rings is 2. The van der Waals surface area contributed by atoms with Crippen molar-refractivity contribution in [2.45, 2.75) is 27.0 Å². The Morgan fingerprint density at radius 2 is 1.77 bits per heavy atom. The zero-order chi connectivity index (χ0) is 18.9. The van der Waals surface area contributed by atoms with Crippen molar-refractivity contribution in [3.63, 3.8) is 0 Å². The molecule has 26 heavy (non-hydrogen) atoms. The number of carbonyl (C=O) groups is 1. The summed E-state index contributed by atoms with van der Waals surface area (Å²) in [5.41, 5.74) is 1.06. The molecule has 2 rings (SSSR count). The predicted molar refractivity (Wildman–Crippen MR) is 93.0 cm³/mol. The minimum absolute atomic E-state index is 0.0476. The van der Waals surface area contributed by atoms with E-state index in [0.29, 0.717) is 35.8 Å². The number of halogens is 2. The Hall–Kier alpha value is -2.83. The van der Waals surface area contributed by atoms with E-state index in [1.807, 2.05) is 13.8 Å². The van der Waals surface area contributed by atoms with Gasteiger partial charge in [-0.3, -0.25) is 4.79 Å². The summed E-state index contributed by atoms with van der Waals surface area (Å²) in [7, 11) is 0. The molecule has 2 aromatic carbocycles. The van der Waals surface area contributed by atoms with Crippen LogP contribution >= 0.6 is 0 Å². The Kier molecular flexibility index (Phi) is 7.20. The first-order valence-electron chi connectivity index (χ1n) is 8.25. The summed E-state index contributed by atoms with van der Waals surface area (Å²) in [5, 5.41) is 2.74. The van der Waals surface area contributed by atoms with Gasteiger partial charge in [0.1, 0.15) is 5.75 Å². The molecule has 0 fully saturated rings. The van der Waals surface area contributed by atoms with Gasteiger partial charge in [0.05, 0.1) is 13.2 Å². The second-order valence-electron chi connectivity index (χ2n) is 5.24. The van der Waals surface area contributed by atoms with E-state index in [1.54, 1.807) is 30.3 Å². The van der Waals surface area contributed by atoms with Crippen molar-refractivity contribution < 1.29 is 27.8 Å². The summed E-state index contributed by atoms with van der Waals surface area (Å²) in [6.45, 7) is 1.93. The van der Waals surface area contributed by atoms with Crippen LogP contribution in [0.2, 0.25) is 0 Å². The fourth-order valence-electron chi connectivity index (χ4n) is 2.31. The number of ether oxygens (including phenoxy) is 3. The molecule has 0 aliphatic rings. The smallest absolute Gasteiger partial charge is 0.387 e. The van der Waals surface area contributed by atoms with Gasteiger partial charge in [-0.1, -0.05) is 12.1 Å². The van der Waals surface area contributed by atoms with Crippen LogP contribution in [0.4, 0.5) is 8.78 Å². The van der Waals surface area contributed by atoms with Crippen molar-refractivity contribution in [3.05, 3.63) is 53.6 Å². The third-order valence-electron chi connectivity index (χ3n) is 3.38. The SMILES string of the molecule is CCOc1ccc(C(=O)NCc2cccc(OC(F)F)c2)cc1OCC. The van der Waals surface area contributed by atoms with Crippen molar-refractivity contribution in [1.82, 2.24) is 5.32 Å². The molecule has 0 radical (unpaired) electrons. The summed E-state index contributed by atoms with van der Waals surface area (Å²) in [6, 6.07) is 11.1. The van der Waals surface area contributed by atoms with Crippen LogP contribution in [0.5, 0.6) is 17.2 Å². The van der Waals surface area contributed by atoms with Crippen LogP contribution in [0.25, 0.3) is 0 Å². The van der Waals surface area contributed by atoms with Gasteiger partial charge in [-0.05, 0) is 49.7 Å². The average molecular weight is 365 g/mol. The lowest BCUT2D eigenvalue weighted by molar-refractivity contribution is -0.0498. The molecule has 0 atom stereocenters. The number of rotatable bonds is 9. The summed E-state index contributed by atoms with van der Waals surface area (Å²) >= 11 is 0. The molecule has 0 bridgehead atoms. The molecule has 7 heteroatoms. The van der Waals surface area contributed by atoms with Crippen LogP contribution in [0.1, 0.15) is 29.8 Å². The largest absolute Gasteiger partial charge is 0.490 e. The second kappa shape index (κ2) is 9.60. The second-order valence-corrected chi connectivity index (χ2v) is 5.24. The van der Waals surface area contributed by atoms with E-state index < -0.39 is 6.61 Å². The van der Waals surface area contributed by atoms with E-state index in [0.717, 1.165) is 0 Å². The minimum Gasteiger partial charge on any atom is -0.490 e. The van der Waals surface area contributed by atoms with Crippen LogP contribution < -0.4 is 19.5 Å². The molecular formula is C19H21F2NO4. The van der Waals surface area contributed by atoms with Crippen LogP contribution in [-0.2, 0) is 6.54 Å². The maximum Gasteiger partial charge on any atom is 0.387 e. The van der Waals surface area contributed by atoms with E-state index >= 15 is 0 Å². The zero-order valence-electron chi connectivity index (χ0n) is 14.6. The van der Waals surface area contributed by atoms with E-state index in [4.69, 9.17) is 9.47 Å². The quantitative estimate of drug-likeness (QED) is 0.729. The van der Waals surface area contributed by atoms with Gasteiger partial charge in [0.15, 0.2) is 11.5 Å². The van der Waals surface area contributed by atoms with Crippen molar-refractivity contribution in [3.8, 4) is 17.2 Å². The summed E-state index contributed by atoms with van der Waals surface area (Å²) in [6.07, 6.45) is 0. The molecule has 2 aromatic rings. The lowest BCUT2D eigenvalue weighted by atomic mass is 10.1. The fourth-order valence-corrected chi connectivity index (χ4v) is 2.31. The number of alkyl halides is 2. The van der Waals surface area contributed by atoms with Crippen molar-refractivity contribution in [2.24, 2.45) is 0 Å². The molecule has 140 valence electrons. The Labute approximate surface area is 150 Å². The summed E-state index contributed by atoms with van der Waals surface area (Å²) < 4.78 is 39.8. The van der Waals surface area contributed by atoms with E-state index in [2.05, 4.69) is 10.1 Å². The number of nitrogens with one attached hydrogen (secondary N) is 1. The van der Waals surface area contributed by atoms with E-state index in [1.165, 1.54) is 12.1 Å². The molecule has 0 aromatic heterocycles. The van der Waals surface area contributed by atoms with E-state index in [9.17, 15) is 13.6 Å². The highest BCUT2D eigenvalue weighted by molar-refractivity contribution is 5.94. The number of amides is 1. The first kappa shape index (κ1) is 19.5. The van der Waals surface area contributed by atoms with Gasteiger partial charge in [0.25, 0.3) is 5.91 Å². The molecule has 1 amide bonds. The molecular weight excluding hydrogens is 344 g/mol. The lowest BCUT2D eigenvalue weighted by Crippen LogP contribution is -2.22. The van der Waals surface area contributed by atoms with Crippen LogP contribution in [0.3, 0.4) is 0 Å². The minimum atomic E-state index is -2.89. The van der Waals surface area contributed by atoms with Gasteiger partial charge in [0.2, 0.25) is 0 Å². The van der Waals surface area contributed by atoms with E-state index in [-0.39, 0.29) is 18.2 Å². The summed E-state index contributed by atoms with van der Waals surface area (Å²) in [4.78, 5) is 12.3. The lowest BCUT2D eigenvalue weighted by Gasteiger charge is -2.13. The highest BCUT2D eigenvalue weighted by Gasteiger charge is 2.12. The Morgan fingerprint density at radius 3 is 2.46 bits per heavy atom. The molecule has 0 saturated heterocycles. The highest BCUT2D eigenvalue weighted by atomic mass is 19.3. The van der Waals surface area contributed by atoms with Crippen LogP contribution in [-0.4, -0.2) is 25.7 Å². The van der Waals surface area contributed by atoms with Gasteiger partial charge in [0, 0.05) is 12.1 Å². The Bertz CT molecular complexity index is 737. The molecule has 0 aliphatic heterocycles. The maximum atomic E-state index is 12.3. The third-order valence-corrected chi connectivity index (χ3v) is 3.38. The van der Waals surface area contributed by atoms with Gasteiger partial charge in [-0.15, -0.1) is 0 Å². The van der Waals surface area contributed by atoms with Crippen LogP contribution in [0.15, 0.2) is 42.5 Å². The normalized spacial score (nSPS) is 10.5. The maximum absolute atomic E-state index is 12.3. The Balaban J connectivity index is 2.04. The molecule has 0 aliphatic carbocycles. The van der Waals surface area contributed by atoms with Crippen molar-refractivity contribution in [2.75, 3.05) is 13.2 Å². The number of hydrogen-bond donors (Lipinski definition) is 1. The van der Waals surface area contributed by atoms with Crippen LogP contribution in [0, 0.1) is 0 Å². The van der Waals surface area contributed by atoms with Gasteiger partial charge in [-0.25, -0.2) is 0 Å². The third kappa shape index (κ3) is 5.61. The highest BCUT2D eigenvalue weighted by Crippen LogP contribution is 2.28. The van der Waals surface area contributed by atoms with Gasteiger partial charge < -0.3 is 19.5 Å². The standard InChI is InChI=1S/C19H21F2NO4/c1-3-24-16-9-8-14(11-17(16)25-4-2)18(23)22-12-13-6-5-7-15(10-13)26-19(20)21/h5-11,19H,3-4,12H2,1-2H3,(H,22,23). The van der Waals surface area contributed by atoms with Crippen molar-refractivity contribution >= 4 is 5.91 Å². The number of carbonyl (C=O) groups excluding carboxylic acids is 1. The first-order chi connectivity index (χ1) is 12.5. The molecule has 0 heterocycles. The molecule has 0 unspecified atom stereocenters. The fraction of sp³-hybridized carbons (Fsp3) is 0.316. The molecule has 5 nitrogen and oxygen atoms in total. The molecule has 1 N–H and O–H groups in total. The molecule has 0 spiro atoms. The zero-order valence-corrected chi connectivity index (χ0v) is 14.6. The Morgan fingerprint density at radius 1 is 1.04 bits per heavy atom. The molecule has 0 saturated carbocycles. The van der Waals surface area contributed by atoms with Crippen molar-refractivity contribution in [1.29, 1.82) is 0 Å².